The first-order chi connectivity index (χ1) is 15.5. The van der Waals surface area contributed by atoms with Gasteiger partial charge in [0.25, 0.3) is 0 Å². The Labute approximate surface area is 189 Å². The molecule has 3 aromatic rings. The lowest BCUT2D eigenvalue weighted by molar-refractivity contribution is -0.115. The first-order valence-corrected chi connectivity index (χ1v) is 10.8. The van der Waals surface area contributed by atoms with Gasteiger partial charge in [0.05, 0.1) is 40.2 Å². The number of hydrogen-bond acceptors (Lipinski definition) is 6. The van der Waals surface area contributed by atoms with Crippen LogP contribution in [-0.4, -0.2) is 17.6 Å². The Morgan fingerprint density at radius 2 is 1.97 bits per heavy atom. The van der Waals surface area contributed by atoms with E-state index >= 15 is 0 Å². The fourth-order valence-corrected chi connectivity index (χ4v) is 4.64. The number of carbonyl (C=O) groups excluding carboxylic acids is 2. The van der Waals surface area contributed by atoms with E-state index in [-0.39, 0.29) is 22.8 Å². The number of nitrogens with two attached hydrogens (primary N) is 1. The maximum Gasteiger partial charge on any atom is 0.247 e. The highest BCUT2D eigenvalue weighted by molar-refractivity contribution is 8.03. The highest BCUT2D eigenvalue weighted by Gasteiger charge is 2.35. The highest BCUT2D eigenvalue weighted by atomic mass is 32.2. The molecule has 7 nitrogen and oxygen atoms in total. The van der Waals surface area contributed by atoms with Crippen molar-refractivity contribution in [2.75, 3.05) is 11.1 Å². The maximum absolute atomic E-state index is 12.7. The summed E-state index contributed by atoms with van der Waals surface area (Å²) in [6.07, 6.45) is 1.48. The molecule has 1 unspecified atom stereocenters. The molecule has 0 saturated carbocycles. The molecule has 0 bridgehead atoms. The lowest BCUT2D eigenvalue weighted by Crippen LogP contribution is -2.31. The van der Waals surface area contributed by atoms with Crippen molar-refractivity contribution >= 4 is 40.0 Å². The fourth-order valence-electron chi connectivity index (χ4n) is 3.75. The summed E-state index contributed by atoms with van der Waals surface area (Å²) < 4.78 is 5.48. The number of nitriles is 1. The summed E-state index contributed by atoms with van der Waals surface area (Å²) in [5.41, 5.74) is 7.38. The number of furan rings is 1. The zero-order chi connectivity index (χ0) is 22.7. The van der Waals surface area contributed by atoms with Gasteiger partial charge in [-0.2, -0.15) is 5.26 Å². The number of carbonyl (C=O) groups is 2. The van der Waals surface area contributed by atoms with Crippen LogP contribution in [0.15, 0.2) is 87.1 Å². The average Bonchev–Trinajstić information content (AvgIpc) is 3.32. The molecule has 1 aliphatic rings. The van der Waals surface area contributed by atoms with Crippen molar-refractivity contribution < 1.29 is 14.0 Å². The number of fused-ring (bicyclic) bond motifs is 1. The molecule has 32 heavy (non-hydrogen) atoms. The predicted octanol–water partition coefficient (Wildman–Crippen LogP) is 3.99. The van der Waals surface area contributed by atoms with E-state index in [9.17, 15) is 14.9 Å². The Morgan fingerprint density at radius 3 is 2.69 bits per heavy atom. The lowest BCUT2D eigenvalue weighted by Gasteiger charge is -2.27. The summed E-state index contributed by atoms with van der Waals surface area (Å²) in [5, 5.41) is 18.3. The van der Waals surface area contributed by atoms with Crippen LogP contribution < -0.4 is 16.4 Å². The van der Waals surface area contributed by atoms with Gasteiger partial charge < -0.3 is 20.8 Å². The van der Waals surface area contributed by atoms with Crippen molar-refractivity contribution in [1.29, 1.82) is 5.26 Å². The van der Waals surface area contributed by atoms with Gasteiger partial charge in [0.15, 0.2) is 0 Å². The Morgan fingerprint density at radius 1 is 1.19 bits per heavy atom. The van der Waals surface area contributed by atoms with Gasteiger partial charge in [-0.15, -0.1) is 0 Å². The predicted molar refractivity (Wildman–Crippen MR) is 124 cm³/mol. The van der Waals surface area contributed by atoms with Gasteiger partial charge in [0.1, 0.15) is 5.76 Å². The van der Waals surface area contributed by atoms with E-state index in [1.807, 2.05) is 42.5 Å². The van der Waals surface area contributed by atoms with E-state index in [1.165, 1.54) is 18.0 Å². The summed E-state index contributed by atoms with van der Waals surface area (Å²) in [6.45, 7) is 1.71. The number of primary amides is 1. The summed E-state index contributed by atoms with van der Waals surface area (Å²) >= 11 is 1.19. The van der Waals surface area contributed by atoms with E-state index in [2.05, 4.69) is 16.7 Å². The van der Waals surface area contributed by atoms with Gasteiger partial charge in [0.2, 0.25) is 11.8 Å². The number of dihydropyridines is 1. The maximum atomic E-state index is 12.7. The summed E-state index contributed by atoms with van der Waals surface area (Å²) in [5.74, 6) is -1.07. The van der Waals surface area contributed by atoms with E-state index < -0.39 is 11.8 Å². The molecule has 2 aromatic carbocycles. The number of anilines is 1. The number of nitrogens with zero attached hydrogens (tertiary/aromatic N) is 1. The molecule has 4 rings (SSSR count). The third-order valence-electron chi connectivity index (χ3n) is 5.15. The Kier molecular flexibility index (Phi) is 6.01. The number of nitrogens with one attached hydrogen (secondary N) is 2. The number of rotatable bonds is 6. The lowest BCUT2D eigenvalue weighted by atomic mass is 9.86. The molecular formula is C24H20N4O3S. The molecule has 4 N–H and O–H groups in total. The van der Waals surface area contributed by atoms with Gasteiger partial charge in [-0.3, -0.25) is 9.59 Å². The molecule has 0 aliphatic carbocycles. The van der Waals surface area contributed by atoms with E-state index in [0.29, 0.717) is 16.5 Å². The molecule has 1 aromatic heterocycles. The van der Waals surface area contributed by atoms with Crippen molar-refractivity contribution in [2.45, 2.75) is 12.8 Å². The number of amides is 2. The van der Waals surface area contributed by atoms with Crippen LogP contribution in [0.25, 0.3) is 10.8 Å². The second-order valence-electron chi connectivity index (χ2n) is 7.19. The summed E-state index contributed by atoms with van der Waals surface area (Å²) in [6, 6.07) is 19.1. The normalized spacial score (nSPS) is 15.9. The zero-order valence-electron chi connectivity index (χ0n) is 17.2. The minimum absolute atomic E-state index is 0.0702. The van der Waals surface area contributed by atoms with E-state index in [4.69, 9.17) is 10.2 Å². The third kappa shape index (κ3) is 4.11. The molecule has 0 fully saturated rings. The van der Waals surface area contributed by atoms with Crippen LogP contribution in [0, 0.1) is 11.3 Å². The molecule has 160 valence electrons. The molecule has 2 amide bonds. The molecule has 0 spiro atoms. The quantitative estimate of drug-likeness (QED) is 0.529. The van der Waals surface area contributed by atoms with Gasteiger partial charge in [0, 0.05) is 16.8 Å². The summed E-state index contributed by atoms with van der Waals surface area (Å²) in [7, 11) is 0. The standard InChI is InChI=1S/C24H20N4O3S/c1-14-21(23(26)30)22(19-10-5-11-31-19)17(12-25)24(27-14)32-13-20(29)28-18-9-4-7-15-6-2-3-8-16(15)18/h2-11,22,27H,13H2,1H3,(H2,26,30)(H,28,29). The van der Waals surface area contributed by atoms with Crippen molar-refractivity contribution in [3.8, 4) is 6.07 Å². The molecule has 1 aliphatic heterocycles. The van der Waals surface area contributed by atoms with Gasteiger partial charge in [-0.1, -0.05) is 48.2 Å². The summed E-state index contributed by atoms with van der Waals surface area (Å²) in [4.78, 5) is 24.8. The number of allylic oxidation sites excluding steroid dienone is 2. The van der Waals surface area contributed by atoms with Crippen LogP contribution >= 0.6 is 11.8 Å². The fraction of sp³-hybridized carbons (Fsp3) is 0.125. The van der Waals surface area contributed by atoms with Crippen LogP contribution in [0.2, 0.25) is 0 Å². The monoisotopic (exact) mass is 444 g/mol. The zero-order valence-corrected chi connectivity index (χ0v) is 18.0. The van der Waals surface area contributed by atoms with Crippen LogP contribution in [0.3, 0.4) is 0 Å². The topological polar surface area (TPSA) is 121 Å². The Bertz CT molecular complexity index is 1300. The molecule has 0 radical (unpaired) electrons. The minimum Gasteiger partial charge on any atom is -0.468 e. The molecule has 1 atom stereocenters. The van der Waals surface area contributed by atoms with E-state index in [1.54, 1.807) is 19.1 Å². The van der Waals surface area contributed by atoms with Crippen molar-refractivity contribution in [3.05, 3.63) is 88.5 Å². The van der Waals surface area contributed by atoms with Crippen LogP contribution in [0.4, 0.5) is 5.69 Å². The van der Waals surface area contributed by atoms with E-state index in [0.717, 1.165) is 16.5 Å². The van der Waals surface area contributed by atoms with Crippen molar-refractivity contribution in [1.82, 2.24) is 5.32 Å². The second kappa shape index (κ2) is 9.04. The minimum atomic E-state index is -0.725. The third-order valence-corrected chi connectivity index (χ3v) is 6.17. The van der Waals surface area contributed by atoms with Crippen molar-refractivity contribution in [3.63, 3.8) is 0 Å². The molecule has 8 heteroatoms. The number of benzene rings is 2. The molecule has 0 saturated heterocycles. The largest absolute Gasteiger partial charge is 0.468 e. The molecule has 2 heterocycles. The number of hydrogen-bond donors (Lipinski definition) is 3. The first kappa shape index (κ1) is 21.3. The average molecular weight is 445 g/mol. The smallest absolute Gasteiger partial charge is 0.247 e. The number of thioether (sulfide) groups is 1. The van der Waals surface area contributed by atoms with Crippen LogP contribution in [-0.2, 0) is 9.59 Å². The Hall–Kier alpha value is -3.96. The van der Waals surface area contributed by atoms with Crippen LogP contribution in [0.1, 0.15) is 18.6 Å². The SMILES string of the molecule is CC1=C(C(N)=O)C(c2ccco2)C(C#N)=C(SCC(=O)Nc2cccc3ccccc23)N1. The highest BCUT2D eigenvalue weighted by Crippen LogP contribution is 2.40. The van der Waals surface area contributed by atoms with Crippen molar-refractivity contribution in [2.24, 2.45) is 5.73 Å². The van der Waals surface area contributed by atoms with Gasteiger partial charge >= 0.3 is 0 Å². The second-order valence-corrected chi connectivity index (χ2v) is 8.18. The van der Waals surface area contributed by atoms with Gasteiger partial charge in [-0.05, 0) is 30.5 Å². The Balaban J connectivity index is 1.56. The first-order valence-electron chi connectivity index (χ1n) is 9.85. The molecular weight excluding hydrogens is 424 g/mol. The van der Waals surface area contributed by atoms with Crippen LogP contribution in [0.5, 0.6) is 0 Å². The van der Waals surface area contributed by atoms with Gasteiger partial charge in [-0.25, -0.2) is 0 Å².